The molecule has 14 heavy (non-hydrogen) atoms. The van der Waals surface area contributed by atoms with E-state index in [1.54, 1.807) is 0 Å². The van der Waals surface area contributed by atoms with E-state index in [-0.39, 0.29) is 12.8 Å². The third-order valence-electron chi connectivity index (χ3n) is 1.75. The molecule has 0 aliphatic heterocycles. The predicted molar refractivity (Wildman–Crippen MR) is 54.2 cm³/mol. The van der Waals surface area contributed by atoms with Gasteiger partial charge in [-0.3, -0.25) is 5.32 Å². The monoisotopic (exact) mass is 202 g/mol. The zero-order valence-electron chi connectivity index (χ0n) is 8.12. The average molecular weight is 202 g/mol. The van der Waals surface area contributed by atoms with Crippen LogP contribution in [0.5, 0.6) is 0 Å². The third kappa shape index (κ3) is 6.27. The molecule has 0 spiro atoms. The Morgan fingerprint density at radius 2 is 2.14 bits per heavy atom. The number of urea groups is 1. The predicted octanol–water partition coefficient (Wildman–Crippen LogP) is -1.18. The minimum Gasteiger partial charge on any atom is -0.401 e. The Bertz CT molecular complexity index is 196. The number of hydrogen-bond donors (Lipinski definition) is 5. The van der Waals surface area contributed by atoms with Crippen molar-refractivity contribution in [2.75, 3.05) is 13.3 Å². The van der Waals surface area contributed by atoms with Crippen LogP contribution >= 0.6 is 0 Å². The zero-order valence-corrected chi connectivity index (χ0v) is 8.12. The number of amides is 2. The molecule has 0 bridgehead atoms. The van der Waals surface area contributed by atoms with Crippen LogP contribution in [0.4, 0.5) is 4.79 Å². The Morgan fingerprint density at radius 3 is 2.57 bits per heavy atom. The highest BCUT2D eigenvalue weighted by atomic mass is 16.3. The second kappa shape index (κ2) is 7.16. The molecule has 0 saturated carbocycles. The first-order valence-electron chi connectivity index (χ1n) is 4.39. The van der Waals surface area contributed by atoms with E-state index in [1.807, 2.05) is 0 Å². The van der Waals surface area contributed by atoms with Crippen LogP contribution < -0.4 is 22.1 Å². The molecule has 0 aromatic rings. The number of carbonyl (C=O) groups is 1. The van der Waals surface area contributed by atoms with E-state index in [1.165, 1.54) is 0 Å². The highest BCUT2D eigenvalue weighted by Crippen LogP contribution is 2.01. The fraction of sp³-hybridized carbons (Fsp3) is 0.625. The minimum atomic E-state index is -0.539. The van der Waals surface area contributed by atoms with Crippen molar-refractivity contribution in [2.24, 2.45) is 11.5 Å². The first-order valence-corrected chi connectivity index (χ1v) is 4.39. The fourth-order valence-corrected chi connectivity index (χ4v) is 1.05. The van der Waals surface area contributed by atoms with E-state index in [0.717, 1.165) is 6.42 Å². The van der Waals surface area contributed by atoms with Crippen LogP contribution in [0.25, 0.3) is 0 Å². The number of nitrogens with two attached hydrogens (primary N) is 2. The Hall–Kier alpha value is -1.27. The van der Waals surface area contributed by atoms with Crippen molar-refractivity contribution in [1.29, 1.82) is 0 Å². The van der Waals surface area contributed by atoms with Gasteiger partial charge in [-0.25, -0.2) is 4.79 Å². The van der Waals surface area contributed by atoms with Gasteiger partial charge in [0.05, 0.1) is 6.73 Å². The van der Waals surface area contributed by atoms with E-state index in [2.05, 4.69) is 17.2 Å². The molecular weight excluding hydrogens is 184 g/mol. The Kier molecular flexibility index (Phi) is 6.51. The van der Waals surface area contributed by atoms with Crippen LogP contribution in [-0.4, -0.2) is 30.5 Å². The maximum Gasteiger partial charge on any atom is 0.312 e. The molecule has 6 heteroatoms. The molecule has 0 rings (SSSR count). The van der Waals surface area contributed by atoms with Crippen LogP contribution in [0.15, 0.2) is 12.3 Å². The number of rotatable bonds is 7. The van der Waals surface area contributed by atoms with Gasteiger partial charge < -0.3 is 21.9 Å². The molecule has 6 nitrogen and oxygen atoms in total. The van der Waals surface area contributed by atoms with Gasteiger partial charge in [-0.2, -0.15) is 0 Å². The summed E-state index contributed by atoms with van der Waals surface area (Å²) >= 11 is 0. The number of aliphatic hydroxyl groups is 1. The Labute approximate surface area is 83.3 Å². The zero-order chi connectivity index (χ0) is 11.0. The van der Waals surface area contributed by atoms with Crippen LogP contribution in [0.1, 0.15) is 12.8 Å². The SMILES string of the molecule is C=C(N)[C@H](CCCNC(N)=O)NCO. The molecule has 0 heterocycles. The van der Waals surface area contributed by atoms with Crippen LogP contribution in [-0.2, 0) is 0 Å². The lowest BCUT2D eigenvalue weighted by Gasteiger charge is -2.16. The van der Waals surface area contributed by atoms with Crippen molar-refractivity contribution < 1.29 is 9.90 Å². The molecule has 1 atom stereocenters. The highest BCUT2D eigenvalue weighted by Gasteiger charge is 2.07. The quantitative estimate of drug-likeness (QED) is 0.264. The molecule has 2 amide bonds. The van der Waals surface area contributed by atoms with E-state index < -0.39 is 6.03 Å². The smallest absolute Gasteiger partial charge is 0.312 e. The summed E-state index contributed by atoms with van der Waals surface area (Å²) in [4.78, 5) is 10.3. The second-order valence-electron chi connectivity index (χ2n) is 2.92. The molecule has 0 radical (unpaired) electrons. The number of carbonyl (C=O) groups excluding carboxylic acids is 1. The maximum absolute atomic E-state index is 10.3. The van der Waals surface area contributed by atoms with Gasteiger partial charge in [-0.05, 0) is 12.8 Å². The van der Waals surface area contributed by atoms with Crippen molar-refractivity contribution >= 4 is 6.03 Å². The molecule has 0 saturated heterocycles. The summed E-state index contributed by atoms with van der Waals surface area (Å²) < 4.78 is 0. The molecule has 0 aliphatic carbocycles. The summed E-state index contributed by atoms with van der Waals surface area (Å²) in [5.74, 6) is 0. The van der Waals surface area contributed by atoms with Gasteiger partial charge in [0.25, 0.3) is 0 Å². The van der Waals surface area contributed by atoms with Crippen molar-refractivity contribution in [2.45, 2.75) is 18.9 Å². The number of primary amides is 1. The minimum absolute atomic E-state index is 0.130. The Morgan fingerprint density at radius 1 is 1.50 bits per heavy atom. The van der Waals surface area contributed by atoms with Gasteiger partial charge in [0.2, 0.25) is 0 Å². The summed E-state index contributed by atoms with van der Waals surface area (Å²) in [6, 6.07) is -0.669. The van der Waals surface area contributed by atoms with E-state index in [0.29, 0.717) is 18.7 Å². The summed E-state index contributed by atoms with van der Waals surface area (Å²) in [5.41, 5.74) is 10.8. The molecule has 82 valence electrons. The topological polar surface area (TPSA) is 113 Å². The van der Waals surface area contributed by atoms with E-state index in [9.17, 15) is 4.79 Å². The number of hydrogen-bond acceptors (Lipinski definition) is 4. The molecule has 0 aromatic carbocycles. The number of nitrogens with one attached hydrogen (secondary N) is 2. The van der Waals surface area contributed by atoms with Crippen LogP contribution in [0.3, 0.4) is 0 Å². The third-order valence-corrected chi connectivity index (χ3v) is 1.75. The molecule has 0 unspecified atom stereocenters. The van der Waals surface area contributed by atoms with Crippen molar-refractivity contribution in [3.8, 4) is 0 Å². The summed E-state index contributed by atoms with van der Waals surface area (Å²) in [6.45, 7) is 3.92. The van der Waals surface area contributed by atoms with Crippen molar-refractivity contribution in [1.82, 2.24) is 10.6 Å². The lowest BCUT2D eigenvalue weighted by atomic mass is 10.1. The molecule has 7 N–H and O–H groups in total. The summed E-state index contributed by atoms with van der Waals surface area (Å²) in [7, 11) is 0. The normalized spacial score (nSPS) is 12.1. The lowest BCUT2D eigenvalue weighted by Crippen LogP contribution is -2.36. The molecule has 0 fully saturated rings. The summed E-state index contributed by atoms with van der Waals surface area (Å²) in [6.07, 6.45) is 1.41. The van der Waals surface area contributed by atoms with Gasteiger partial charge in [0, 0.05) is 18.3 Å². The van der Waals surface area contributed by atoms with Gasteiger partial charge in [0.15, 0.2) is 0 Å². The van der Waals surface area contributed by atoms with Crippen LogP contribution in [0.2, 0.25) is 0 Å². The summed E-state index contributed by atoms with van der Waals surface area (Å²) in [5, 5.41) is 13.9. The van der Waals surface area contributed by atoms with Gasteiger partial charge in [-0.1, -0.05) is 6.58 Å². The van der Waals surface area contributed by atoms with Crippen LogP contribution in [0, 0.1) is 0 Å². The second-order valence-corrected chi connectivity index (χ2v) is 2.92. The first-order chi connectivity index (χ1) is 6.57. The van der Waals surface area contributed by atoms with E-state index >= 15 is 0 Å². The van der Waals surface area contributed by atoms with Gasteiger partial charge in [0.1, 0.15) is 0 Å². The molecular formula is C8H18N4O2. The first kappa shape index (κ1) is 12.7. The van der Waals surface area contributed by atoms with Crippen molar-refractivity contribution in [3.05, 3.63) is 12.3 Å². The lowest BCUT2D eigenvalue weighted by molar-refractivity contribution is 0.241. The van der Waals surface area contributed by atoms with Gasteiger partial charge >= 0.3 is 6.03 Å². The highest BCUT2D eigenvalue weighted by molar-refractivity contribution is 5.71. The maximum atomic E-state index is 10.3. The Balaban J connectivity index is 3.61. The average Bonchev–Trinajstić information content (AvgIpc) is 2.09. The van der Waals surface area contributed by atoms with Crippen molar-refractivity contribution in [3.63, 3.8) is 0 Å². The molecule has 0 aromatic heterocycles. The largest absolute Gasteiger partial charge is 0.401 e. The molecule has 0 aliphatic rings. The van der Waals surface area contributed by atoms with E-state index in [4.69, 9.17) is 16.6 Å². The standard InChI is InChI=1S/C8H18N4O2/c1-6(9)7(12-5-13)3-2-4-11-8(10)14/h7,12-13H,1-5,9H2,(H3,10,11,14)/t7-/m0/s1. The number of aliphatic hydroxyl groups excluding tert-OH is 1. The fourth-order valence-electron chi connectivity index (χ4n) is 1.05. The van der Waals surface area contributed by atoms with Gasteiger partial charge in [-0.15, -0.1) is 0 Å².